The van der Waals surface area contributed by atoms with E-state index in [1.165, 1.54) is 12.1 Å². The van der Waals surface area contributed by atoms with Crippen molar-refractivity contribution in [3.8, 4) is 11.4 Å². The summed E-state index contributed by atoms with van der Waals surface area (Å²) in [4.78, 5) is 18.6. The number of carbonyl (C=O) groups excluding carboxylic acids is 1. The lowest BCUT2D eigenvalue weighted by atomic mass is 10.1. The number of rotatable bonds is 3. The van der Waals surface area contributed by atoms with E-state index in [2.05, 4.69) is 10.1 Å². The van der Waals surface area contributed by atoms with Crippen molar-refractivity contribution in [2.45, 2.75) is 26.2 Å². The van der Waals surface area contributed by atoms with Crippen molar-refractivity contribution < 1.29 is 13.7 Å². The van der Waals surface area contributed by atoms with Crippen LogP contribution in [0.4, 0.5) is 10.1 Å². The van der Waals surface area contributed by atoms with E-state index in [9.17, 15) is 9.18 Å². The van der Waals surface area contributed by atoms with Crippen molar-refractivity contribution in [1.29, 1.82) is 0 Å². The van der Waals surface area contributed by atoms with E-state index in [4.69, 9.17) is 4.52 Å². The first-order chi connectivity index (χ1) is 12.5. The van der Waals surface area contributed by atoms with E-state index in [1.54, 1.807) is 11.0 Å². The summed E-state index contributed by atoms with van der Waals surface area (Å²) >= 11 is 0. The number of halogens is 1. The Bertz CT molecular complexity index is 983. The molecule has 26 heavy (non-hydrogen) atoms. The van der Waals surface area contributed by atoms with E-state index in [-0.39, 0.29) is 24.1 Å². The Kier molecular flexibility index (Phi) is 4.03. The number of amides is 1. The lowest BCUT2D eigenvalue weighted by Crippen LogP contribution is -2.25. The molecule has 132 valence electrons. The van der Waals surface area contributed by atoms with Crippen molar-refractivity contribution >= 4 is 11.6 Å². The molecule has 2 aromatic carbocycles. The van der Waals surface area contributed by atoms with Gasteiger partial charge in [-0.1, -0.05) is 35.5 Å². The van der Waals surface area contributed by atoms with Gasteiger partial charge >= 0.3 is 0 Å². The van der Waals surface area contributed by atoms with Gasteiger partial charge < -0.3 is 9.42 Å². The average Bonchev–Trinajstić information content (AvgIpc) is 3.24. The van der Waals surface area contributed by atoms with Crippen molar-refractivity contribution in [1.82, 2.24) is 10.1 Å². The summed E-state index contributed by atoms with van der Waals surface area (Å²) in [6.07, 6.45) is 0.269. The zero-order valence-electron chi connectivity index (χ0n) is 14.6. The van der Waals surface area contributed by atoms with Crippen LogP contribution in [0.25, 0.3) is 11.4 Å². The van der Waals surface area contributed by atoms with Gasteiger partial charge in [0.05, 0.1) is 5.92 Å². The number of benzene rings is 2. The largest absolute Gasteiger partial charge is 0.339 e. The van der Waals surface area contributed by atoms with E-state index in [1.807, 2.05) is 38.1 Å². The monoisotopic (exact) mass is 351 g/mol. The van der Waals surface area contributed by atoms with Crippen LogP contribution in [-0.2, 0) is 4.79 Å². The number of carbonyl (C=O) groups is 1. The third-order valence-corrected chi connectivity index (χ3v) is 4.76. The molecule has 1 saturated heterocycles. The molecule has 1 atom stereocenters. The molecule has 1 aliphatic rings. The molecule has 1 fully saturated rings. The van der Waals surface area contributed by atoms with Gasteiger partial charge in [0.1, 0.15) is 5.82 Å². The number of aryl methyl sites for hydroxylation is 2. The topological polar surface area (TPSA) is 59.2 Å². The molecule has 0 saturated carbocycles. The summed E-state index contributed by atoms with van der Waals surface area (Å²) in [7, 11) is 0. The normalized spacial score (nSPS) is 17.1. The van der Waals surface area contributed by atoms with Gasteiger partial charge in [-0.05, 0) is 37.1 Å². The second kappa shape index (κ2) is 6.37. The third kappa shape index (κ3) is 2.87. The first-order valence-corrected chi connectivity index (χ1v) is 8.49. The molecule has 4 rings (SSSR count). The molecule has 0 radical (unpaired) electrons. The first kappa shape index (κ1) is 16.4. The molecule has 1 aromatic heterocycles. The molecule has 1 unspecified atom stereocenters. The van der Waals surface area contributed by atoms with Crippen LogP contribution in [-0.4, -0.2) is 22.6 Å². The number of aromatic nitrogens is 2. The van der Waals surface area contributed by atoms with Crippen LogP contribution in [0, 0.1) is 19.7 Å². The summed E-state index contributed by atoms with van der Waals surface area (Å²) in [5.74, 6) is 0.329. The Morgan fingerprint density at radius 2 is 1.96 bits per heavy atom. The summed E-state index contributed by atoms with van der Waals surface area (Å²) in [5, 5.41) is 4.07. The van der Waals surface area contributed by atoms with Crippen molar-refractivity contribution in [3.05, 3.63) is 65.3 Å². The maximum atomic E-state index is 13.6. The fourth-order valence-electron chi connectivity index (χ4n) is 3.31. The number of hydrogen-bond acceptors (Lipinski definition) is 4. The predicted octanol–water partition coefficient (Wildman–Crippen LogP) is 4.01. The minimum atomic E-state index is -0.360. The molecule has 0 bridgehead atoms. The summed E-state index contributed by atoms with van der Waals surface area (Å²) < 4.78 is 19.0. The van der Waals surface area contributed by atoms with Gasteiger partial charge in [-0.25, -0.2) is 4.39 Å². The highest BCUT2D eigenvalue weighted by atomic mass is 19.1. The van der Waals surface area contributed by atoms with Gasteiger partial charge in [0.15, 0.2) is 0 Å². The van der Waals surface area contributed by atoms with Gasteiger partial charge in [0.2, 0.25) is 17.6 Å². The highest BCUT2D eigenvalue weighted by Crippen LogP contribution is 2.34. The molecule has 5 nitrogen and oxygen atoms in total. The molecule has 0 aliphatic carbocycles. The van der Waals surface area contributed by atoms with Gasteiger partial charge in [-0.3, -0.25) is 4.79 Å². The highest BCUT2D eigenvalue weighted by molar-refractivity contribution is 5.97. The first-order valence-electron chi connectivity index (χ1n) is 8.49. The van der Waals surface area contributed by atoms with Crippen LogP contribution in [0.3, 0.4) is 0 Å². The second-order valence-electron chi connectivity index (χ2n) is 6.61. The fraction of sp³-hybridized carbons (Fsp3) is 0.250. The van der Waals surface area contributed by atoms with Crippen LogP contribution in [0.1, 0.15) is 29.4 Å². The van der Waals surface area contributed by atoms with E-state index in [0.29, 0.717) is 23.9 Å². The average molecular weight is 351 g/mol. The van der Waals surface area contributed by atoms with Gasteiger partial charge in [-0.2, -0.15) is 4.98 Å². The van der Waals surface area contributed by atoms with Crippen molar-refractivity contribution in [3.63, 3.8) is 0 Å². The van der Waals surface area contributed by atoms with E-state index in [0.717, 1.165) is 16.7 Å². The Morgan fingerprint density at radius 3 is 2.77 bits per heavy atom. The lowest BCUT2D eigenvalue weighted by molar-refractivity contribution is -0.117. The van der Waals surface area contributed by atoms with Crippen molar-refractivity contribution in [2.75, 3.05) is 11.4 Å². The molecule has 0 spiro atoms. The Labute approximate surface area is 150 Å². The van der Waals surface area contributed by atoms with Crippen LogP contribution >= 0.6 is 0 Å². The van der Waals surface area contributed by atoms with Crippen LogP contribution in [0.5, 0.6) is 0 Å². The highest BCUT2D eigenvalue weighted by Gasteiger charge is 2.36. The van der Waals surface area contributed by atoms with E-state index >= 15 is 0 Å². The molecule has 6 heteroatoms. The van der Waals surface area contributed by atoms with Crippen LogP contribution in [0.15, 0.2) is 47.0 Å². The van der Waals surface area contributed by atoms with Crippen molar-refractivity contribution in [2.24, 2.45) is 0 Å². The minimum absolute atomic E-state index is 0.0701. The number of nitrogens with zero attached hydrogens (tertiary/aromatic N) is 3. The molecular formula is C20H18FN3O2. The summed E-state index contributed by atoms with van der Waals surface area (Å²) in [6, 6.07) is 12.3. The quantitative estimate of drug-likeness (QED) is 0.715. The number of hydrogen-bond donors (Lipinski definition) is 0. The van der Waals surface area contributed by atoms with Gasteiger partial charge in [-0.15, -0.1) is 0 Å². The smallest absolute Gasteiger partial charge is 0.232 e. The minimum Gasteiger partial charge on any atom is -0.339 e. The Morgan fingerprint density at radius 1 is 1.15 bits per heavy atom. The zero-order chi connectivity index (χ0) is 18.3. The Balaban J connectivity index is 1.60. The second-order valence-corrected chi connectivity index (χ2v) is 6.61. The maximum absolute atomic E-state index is 13.6. The third-order valence-electron chi connectivity index (χ3n) is 4.76. The lowest BCUT2D eigenvalue weighted by Gasteiger charge is -2.18. The SMILES string of the molecule is Cc1ccccc1-c1noc(C2CC(=O)N(c3cc(F)ccc3C)C2)n1. The fourth-order valence-corrected chi connectivity index (χ4v) is 3.31. The molecular weight excluding hydrogens is 333 g/mol. The molecule has 0 N–H and O–H groups in total. The zero-order valence-corrected chi connectivity index (χ0v) is 14.6. The van der Waals surface area contributed by atoms with Crippen LogP contribution < -0.4 is 4.90 Å². The summed E-state index contributed by atoms with van der Waals surface area (Å²) in [6.45, 7) is 4.25. The standard InChI is InChI=1S/C20H18FN3O2/c1-12-5-3-4-6-16(12)19-22-20(26-23-19)14-9-18(25)24(11-14)17-10-15(21)8-7-13(17)2/h3-8,10,14H,9,11H2,1-2H3. The maximum Gasteiger partial charge on any atom is 0.232 e. The number of anilines is 1. The Hall–Kier alpha value is -3.02. The van der Waals surface area contributed by atoms with Crippen LogP contribution in [0.2, 0.25) is 0 Å². The molecule has 1 amide bonds. The molecule has 2 heterocycles. The molecule has 1 aliphatic heterocycles. The predicted molar refractivity (Wildman–Crippen MR) is 95.3 cm³/mol. The molecule has 3 aromatic rings. The summed E-state index contributed by atoms with van der Waals surface area (Å²) in [5.41, 5.74) is 3.41. The van der Waals surface area contributed by atoms with E-state index < -0.39 is 0 Å². The van der Waals surface area contributed by atoms with Gasteiger partial charge in [0.25, 0.3) is 0 Å². The van der Waals surface area contributed by atoms with Gasteiger partial charge in [0, 0.05) is 24.2 Å².